The van der Waals surface area contributed by atoms with Crippen LogP contribution in [0.25, 0.3) is 0 Å². The van der Waals surface area contributed by atoms with Crippen molar-refractivity contribution in [1.82, 2.24) is 0 Å². The van der Waals surface area contributed by atoms with Gasteiger partial charge in [-0.3, -0.25) is 4.79 Å². The van der Waals surface area contributed by atoms with Crippen molar-refractivity contribution >= 4 is 6.47 Å². The smallest absolute Gasteiger partial charge is 0.293 e. The second-order valence-electron chi connectivity index (χ2n) is 13.4. The average molecular weight is 497 g/mol. The number of fused-ring (bicyclic) bond motifs is 2. The first-order chi connectivity index (χ1) is 16.4. The molecule has 35 heavy (non-hydrogen) atoms. The summed E-state index contributed by atoms with van der Waals surface area (Å²) in [4.78, 5) is 11.4. The lowest BCUT2D eigenvalue weighted by atomic mass is 9.58. The van der Waals surface area contributed by atoms with E-state index in [9.17, 15) is 4.79 Å². The van der Waals surface area contributed by atoms with E-state index in [2.05, 4.69) is 48.5 Å². The van der Waals surface area contributed by atoms with Crippen LogP contribution in [0.5, 0.6) is 0 Å². The minimum Gasteiger partial charge on any atom is -0.461 e. The number of ether oxygens (including phenoxy) is 5. The molecule has 0 spiro atoms. The number of hydrogen-bond donors (Lipinski definition) is 0. The maximum atomic E-state index is 11.4. The first-order valence-electron chi connectivity index (χ1n) is 14.1. The van der Waals surface area contributed by atoms with Gasteiger partial charge in [0.25, 0.3) is 6.47 Å². The van der Waals surface area contributed by atoms with Crippen molar-refractivity contribution in [3.63, 3.8) is 0 Å². The van der Waals surface area contributed by atoms with Crippen LogP contribution in [-0.4, -0.2) is 49.1 Å². The fraction of sp³-hybridized carbons (Fsp3) is 0.966. The normalized spacial score (nSPS) is 39.9. The van der Waals surface area contributed by atoms with Gasteiger partial charge in [0.1, 0.15) is 5.60 Å². The topological polar surface area (TPSA) is 63.2 Å². The van der Waals surface area contributed by atoms with E-state index in [1.807, 2.05) is 0 Å². The lowest BCUT2D eigenvalue weighted by Gasteiger charge is -2.59. The Morgan fingerprint density at radius 3 is 1.86 bits per heavy atom. The van der Waals surface area contributed by atoms with Crippen LogP contribution in [-0.2, 0) is 28.5 Å². The predicted octanol–water partition coefficient (Wildman–Crippen LogP) is 6.78. The Morgan fingerprint density at radius 2 is 1.37 bits per heavy atom. The fourth-order valence-electron chi connectivity index (χ4n) is 6.42. The number of carbonyl (C=O) groups excluding carboxylic acids is 1. The van der Waals surface area contributed by atoms with Gasteiger partial charge in [0.2, 0.25) is 0 Å². The SMILES string of the molecule is CC(C)C(C)(C)C.CC1CC2(OC=O)CC(C)(OC3CCCCO3)CC(OC3CCCCO3)(C1)C2. The Balaban J connectivity index is 0.000000429. The third-order valence-corrected chi connectivity index (χ3v) is 8.58. The summed E-state index contributed by atoms with van der Waals surface area (Å²) >= 11 is 0. The summed E-state index contributed by atoms with van der Waals surface area (Å²) in [6, 6.07) is 0. The number of hydrogen-bond acceptors (Lipinski definition) is 6. The van der Waals surface area contributed by atoms with Gasteiger partial charge < -0.3 is 23.7 Å². The standard InChI is InChI=1S/C22H36O6.C7H16/c1-17-11-21(26-16-23)13-20(2,27-18-7-3-5-9-24-18)14-22(12-17,15-21)28-19-8-4-6-10-25-19;1-6(2)7(3,4)5/h16-19H,3-15H2,1-2H3;6H,1-5H3. The largest absolute Gasteiger partial charge is 0.461 e. The molecule has 204 valence electrons. The molecule has 0 amide bonds. The van der Waals surface area contributed by atoms with E-state index in [4.69, 9.17) is 23.7 Å². The highest BCUT2D eigenvalue weighted by atomic mass is 16.7. The molecule has 4 fully saturated rings. The molecule has 4 aliphatic rings. The molecule has 2 saturated carbocycles. The first kappa shape index (κ1) is 28.9. The molecule has 0 radical (unpaired) electrons. The van der Waals surface area contributed by atoms with Crippen LogP contribution < -0.4 is 0 Å². The van der Waals surface area contributed by atoms with Gasteiger partial charge in [-0.25, -0.2) is 0 Å². The van der Waals surface area contributed by atoms with Gasteiger partial charge >= 0.3 is 0 Å². The maximum Gasteiger partial charge on any atom is 0.293 e. The summed E-state index contributed by atoms with van der Waals surface area (Å²) in [6.07, 6.45) is 9.98. The first-order valence-corrected chi connectivity index (χ1v) is 14.1. The summed E-state index contributed by atoms with van der Waals surface area (Å²) < 4.78 is 30.8. The third-order valence-electron chi connectivity index (χ3n) is 8.58. The van der Waals surface area contributed by atoms with E-state index in [1.165, 1.54) is 0 Å². The summed E-state index contributed by atoms with van der Waals surface area (Å²) in [5, 5.41) is 0. The Labute approximate surface area is 214 Å². The van der Waals surface area contributed by atoms with Crippen molar-refractivity contribution in [2.75, 3.05) is 13.2 Å². The molecule has 0 N–H and O–H groups in total. The zero-order chi connectivity index (χ0) is 25.7. The zero-order valence-electron chi connectivity index (χ0n) is 23.5. The molecule has 6 nitrogen and oxygen atoms in total. The molecule has 2 saturated heterocycles. The van der Waals surface area contributed by atoms with Crippen LogP contribution in [0.4, 0.5) is 0 Å². The molecule has 0 aromatic rings. The molecule has 6 atom stereocenters. The molecule has 4 rings (SSSR count). The van der Waals surface area contributed by atoms with Crippen molar-refractivity contribution < 1.29 is 28.5 Å². The summed E-state index contributed by atoms with van der Waals surface area (Å²) in [5.41, 5.74) is -0.863. The Morgan fingerprint density at radius 1 is 0.857 bits per heavy atom. The van der Waals surface area contributed by atoms with E-state index < -0.39 is 11.2 Å². The van der Waals surface area contributed by atoms with Gasteiger partial charge in [-0.15, -0.1) is 0 Å². The molecular weight excluding hydrogens is 444 g/mol. The highest BCUT2D eigenvalue weighted by Gasteiger charge is 2.60. The fourth-order valence-corrected chi connectivity index (χ4v) is 6.42. The maximum absolute atomic E-state index is 11.4. The van der Waals surface area contributed by atoms with Gasteiger partial charge in [0.15, 0.2) is 12.6 Å². The second kappa shape index (κ2) is 11.8. The van der Waals surface area contributed by atoms with Gasteiger partial charge in [-0.05, 0) is 75.5 Å². The Bertz CT molecular complexity index is 659. The molecule has 2 heterocycles. The van der Waals surface area contributed by atoms with Crippen molar-refractivity contribution in [2.45, 2.75) is 148 Å². The van der Waals surface area contributed by atoms with Gasteiger partial charge in [0, 0.05) is 32.5 Å². The van der Waals surface area contributed by atoms with Crippen LogP contribution in [0.15, 0.2) is 0 Å². The van der Waals surface area contributed by atoms with E-state index in [1.54, 1.807) is 0 Å². The average Bonchev–Trinajstić information content (AvgIpc) is 2.73. The molecule has 2 aliphatic heterocycles. The number of rotatable bonds is 6. The van der Waals surface area contributed by atoms with Crippen LogP contribution in [0.3, 0.4) is 0 Å². The monoisotopic (exact) mass is 496 g/mol. The van der Waals surface area contributed by atoms with Crippen LogP contribution >= 0.6 is 0 Å². The summed E-state index contributed by atoms with van der Waals surface area (Å²) in [5.74, 6) is 1.22. The van der Waals surface area contributed by atoms with Gasteiger partial charge in [-0.2, -0.15) is 0 Å². The molecule has 0 aromatic heterocycles. The van der Waals surface area contributed by atoms with Crippen molar-refractivity contribution in [3.8, 4) is 0 Å². The third kappa shape index (κ3) is 8.15. The summed E-state index contributed by atoms with van der Waals surface area (Å²) in [6.45, 7) is 17.8. The van der Waals surface area contributed by atoms with Crippen LogP contribution in [0, 0.1) is 17.3 Å². The highest BCUT2D eigenvalue weighted by molar-refractivity contribution is 5.39. The van der Waals surface area contributed by atoms with E-state index >= 15 is 0 Å². The van der Waals surface area contributed by atoms with Crippen molar-refractivity contribution in [1.29, 1.82) is 0 Å². The molecule has 2 aliphatic carbocycles. The lowest BCUT2D eigenvalue weighted by molar-refractivity contribution is -0.313. The molecular formula is C29H52O6. The van der Waals surface area contributed by atoms with E-state index in [0.29, 0.717) is 24.2 Å². The Hall–Kier alpha value is -0.690. The predicted molar refractivity (Wildman–Crippen MR) is 137 cm³/mol. The van der Waals surface area contributed by atoms with E-state index in [-0.39, 0.29) is 18.2 Å². The zero-order valence-corrected chi connectivity index (χ0v) is 23.5. The molecule has 6 unspecified atom stereocenters. The molecule has 2 bridgehead atoms. The molecule has 6 heteroatoms. The van der Waals surface area contributed by atoms with Crippen molar-refractivity contribution in [3.05, 3.63) is 0 Å². The second-order valence-corrected chi connectivity index (χ2v) is 13.4. The minimum atomic E-state index is -0.532. The highest BCUT2D eigenvalue weighted by Crippen LogP contribution is 2.56. The van der Waals surface area contributed by atoms with Crippen LogP contribution in [0.1, 0.15) is 119 Å². The quantitative estimate of drug-likeness (QED) is 0.378. The van der Waals surface area contributed by atoms with Gasteiger partial charge in [0.05, 0.1) is 11.2 Å². The van der Waals surface area contributed by atoms with E-state index in [0.717, 1.165) is 83.3 Å². The van der Waals surface area contributed by atoms with Crippen molar-refractivity contribution in [2.24, 2.45) is 17.3 Å². The lowest BCUT2D eigenvalue weighted by Crippen LogP contribution is -2.63. The summed E-state index contributed by atoms with van der Waals surface area (Å²) in [7, 11) is 0. The van der Waals surface area contributed by atoms with Crippen LogP contribution in [0.2, 0.25) is 0 Å². The van der Waals surface area contributed by atoms with Gasteiger partial charge in [-0.1, -0.05) is 41.5 Å². The molecule has 0 aromatic carbocycles. The number of carbonyl (C=O) groups is 1. The minimum absolute atomic E-state index is 0.165. The Kier molecular flexibility index (Phi) is 9.73.